The van der Waals surface area contributed by atoms with Crippen molar-refractivity contribution in [3.8, 4) is 0 Å². The zero-order valence-corrected chi connectivity index (χ0v) is 16.5. The molecule has 0 radical (unpaired) electrons. The Balaban J connectivity index is 1.27. The third-order valence-corrected chi connectivity index (χ3v) is 5.87. The first-order valence-electron chi connectivity index (χ1n) is 10.6. The summed E-state index contributed by atoms with van der Waals surface area (Å²) in [6.45, 7) is 6.00. The highest BCUT2D eigenvalue weighted by molar-refractivity contribution is 5.80. The van der Waals surface area contributed by atoms with Gasteiger partial charge in [-0.2, -0.15) is 0 Å². The Hall–Kier alpha value is -2.28. The minimum atomic E-state index is 0.0429. The van der Waals surface area contributed by atoms with Gasteiger partial charge in [0.25, 0.3) is 0 Å². The molecule has 0 unspecified atom stereocenters. The van der Waals surface area contributed by atoms with Crippen molar-refractivity contribution in [1.29, 1.82) is 0 Å². The number of pyridine rings is 1. The van der Waals surface area contributed by atoms with Crippen molar-refractivity contribution in [3.63, 3.8) is 0 Å². The van der Waals surface area contributed by atoms with Crippen molar-refractivity contribution in [2.45, 2.75) is 38.5 Å². The molecule has 2 aliphatic heterocycles. The summed E-state index contributed by atoms with van der Waals surface area (Å²) in [5.74, 6) is 0.234. The van der Waals surface area contributed by atoms with E-state index in [9.17, 15) is 4.79 Å². The molecule has 2 aromatic heterocycles. The van der Waals surface area contributed by atoms with Crippen LogP contribution in [0.4, 0.5) is 5.69 Å². The monoisotopic (exact) mass is 382 g/mol. The molecule has 0 aromatic carbocycles. The quantitative estimate of drug-likeness (QED) is 0.773. The van der Waals surface area contributed by atoms with Gasteiger partial charge < -0.3 is 15.1 Å². The zero-order valence-electron chi connectivity index (χ0n) is 16.5. The Morgan fingerprint density at radius 2 is 1.93 bits per heavy atom. The standard InChI is InChI=1S/C21H30N6O/c28-21(24-7-5-12-26-10-2-1-3-11-26)17-6-4-13-27(16-17)18-14-19-20(25-15-18)23-9-8-22-19/h8-9,14-15,17H,1-7,10-13,16H2,(H,24,28)/t17-/m0/s1. The van der Waals surface area contributed by atoms with Crippen molar-refractivity contribution < 1.29 is 4.79 Å². The number of fused-ring (bicyclic) bond motifs is 1. The molecular formula is C21H30N6O. The fourth-order valence-electron chi connectivity index (χ4n) is 4.29. The highest BCUT2D eigenvalue weighted by Gasteiger charge is 2.26. The lowest BCUT2D eigenvalue weighted by Crippen LogP contribution is -2.43. The largest absolute Gasteiger partial charge is 0.369 e. The first-order chi connectivity index (χ1) is 13.8. The number of hydrogen-bond donors (Lipinski definition) is 1. The van der Waals surface area contributed by atoms with Crippen molar-refractivity contribution in [2.24, 2.45) is 5.92 Å². The molecule has 150 valence electrons. The molecule has 0 bridgehead atoms. The average Bonchev–Trinajstić information content (AvgIpc) is 2.77. The van der Waals surface area contributed by atoms with E-state index in [0.717, 1.165) is 56.6 Å². The van der Waals surface area contributed by atoms with Gasteiger partial charge in [-0.25, -0.2) is 9.97 Å². The second kappa shape index (κ2) is 9.28. The van der Waals surface area contributed by atoms with Gasteiger partial charge in [-0.05, 0) is 57.8 Å². The minimum absolute atomic E-state index is 0.0429. The number of rotatable bonds is 6. The van der Waals surface area contributed by atoms with E-state index in [1.807, 2.05) is 12.3 Å². The second-order valence-electron chi connectivity index (χ2n) is 7.92. The molecule has 0 aliphatic carbocycles. The van der Waals surface area contributed by atoms with Crippen molar-refractivity contribution in [1.82, 2.24) is 25.2 Å². The zero-order chi connectivity index (χ0) is 19.2. The number of aromatic nitrogens is 3. The summed E-state index contributed by atoms with van der Waals surface area (Å²) in [7, 11) is 0. The van der Waals surface area contributed by atoms with Gasteiger partial charge in [0.2, 0.25) is 5.91 Å². The number of anilines is 1. The maximum absolute atomic E-state index is 12.6. The molecule has 4 heterocycles. The molecular weight excluding hydrogens is 352 g/mol. The molecule has 2 aliphatic rings. The predicted molar refractivity (Wildman–Crippen MR) is 110 cm³/mol. The van der Waals surface area contributed by atoms with Gasteiger partial charge in [0, 0.05) is 32.0 Å². The van der Waals surface area contributed by atoms with Crippen LogP contribution < -0.4 is 10.2 Å². The van der Waals surface area contributed by atoms with E-state index < -0.39 is 0 Å². The van der Waals surface area contributed by atoms with Gasteiger partial charge in [-0.15, -0.1) is 0 Å². The van der Waals surface area contributed by atoms with E-state index in [1.54, 1.807) is 12.4 Å². The Kier molecular flexibility index (Phi) is 6.31. The molecule has 2 saturated heterocycles. The number of nitrogens with one attached hydrogen (secondary N) is 1. The van der Waals surface area contributed by atoms with Gasteiger partial charge in [-0.1, -0.05) is 6.42 Å². The van der Waals surface area contributed by atoms with Crippen LogP contribution in [0.1, 0.15) is 38.5 Å². The lowest BCUT2D eigenvalue weighted by Gasteiger charge is -2.33. The topological polar surface area (TPSA) is 74.2 Å². The Bertz CT molecular complexity index is 791. The van der Waals surface area contributed by atoms with E-state index >= 15 is 0 Å². The molecule has 2 fully saturated rings. The van der Waals surface area contributed by atoms with Crippen LogP contribution in [0.2, 0.25) is 0 Å². The normalized spacial score (nSPS) is 21.0. The van der Waals surface area contributed by atoms with Crippen LogP contribution in [-0.2, 0) is 4.79 Å². The molecule has 7 heteroatoms. The maximum Gasteiger partial charge on any atom is 0.224 e. The predicted octanol–water partition coefficient (Wildman–Crippen LogP) is 2.23. The first kappa shape index (κ1) is 19.1. The summed E-state index contributed by atoms with van der Waals surface area (Å²) in [6, 6.07) is 2.02. The number of nitrogens with zero attached hydrogens (tertiary/aromatic N) is 5. The number of carbonyl (C=O) groups is 1. The Morgan fingerprint density at radius 1 is 1.07 bits per heavy atom. The van der Waals surface area contributed by atoms with Gasteiger partial charge in [0.15, 0.2) is 5.65 Å². The SMILES string of the molecule is O=C(NCCCN1CCCCC1)[C@H]1CCCN(c2cnc3nccnc3c2)C1. The fourth-order valence-corrected chi connectivity index (χ4v) is 4.29. The summed E-state index contributed by atoms with van der Waals surface area (Å²) in [5.41, 5.74) is 2.48. The van der Waals surface area contributed by atoms with E-state index in [-0.39, 0.29) is 11.8 Å². The molecule has 0 saturated carbocycles. The van der Waals surface area contributed by atoms with Crippen molar-refractivity contribution in [3.05, 3.63) is 24.7 Å². The molecule has 7 nitrogen and oxygen atoms in total. The molecule has 2 aromatic rings. The molecule has 0 spiro atoms. The number of likely N-dealkylation sites (tertiary alicyclic amines) is 1. The van der Waals surface area contributed by atoms with Gasteiger partial charge >= 0.3 is 0 Å². The van der Waals surface area contributed by atoms with E-state index in [4.69, 9.17) is 0 Å². The molecule has 1 amide bonds. The fraction of sp³-hybridized carbons (Fsp3) is 0.619. The molecule has 4 rings (SSSR count). The summed E-state index contributed by atoms with van der Waals surface area (Å²) in [5, 5.41) is 3.16. The van der Waals surface area contributed by atoms with Crippen molar-refractivity contribution >= 4 is 22.8 Å². The number of amides is 1. The second-order valence-corrected chi connectivity index (χ2v) is 7.92. The third-order valence-electron chi connectivity index (χ3n) is 5.87. The Labute approximate surface area is 166 Å². The van der Waals surface area contributed by atoms with Crippen LogP contribution in [0.25, 0.3) is 11.2 Å². The summed E-state index contributed by atoms with van der Waals surface area (Å²) in [6.07, 6.45) is 12.2. The number of piperidine rings is 2. The molecule has 1 atom stereocenters. The summed E-state index contributed by atoms with van der Waals surface area (Å²) >= 11 is 0. The van der Waals surface area contributed by atoms with Crippen LogP contribution in [0.5, 0.6) is 0 Å². The smallest absolute Gasteiger partial charge is 0.224 e. The highest BCUT2D eigenvalue weighted by atomic mass is 16.1. The molecule has 1 N–H and O–H groups in total. The van der Waals surface area contributed by atoms with Crippen LogP contribution in [0.3, 0.4) is 0 Å². The minimum Gasteiger partial charge on any atom is -0.369 e. The van der Waals surface area contributed by atoms with Gasteiger partial charge in [0.1, 0.15) is 5.52 Å². The summed E-state index contributed by atoms with van der Waals surface area (Å²) < 4.78 is 0. The maximum atomic E-state index is 12.6. The molecule has 28 heavy (non-hydrogen) atoms. The third kappa shape index (κ3) is 4.76. The average molecular weight is 383 g/mol. The Morgan fingerprint density at radius 3 is 2.82 bits per heavy atom. The number of carbonyl (C=O) groups excluding carboxylic acids is 1. The van der Waals surface area contributed by atoms with Gasteiger partial charge in [0.05, 0.1) is 17.8 Å². The lowest BCUT2D eigenvalue weighted by atomic mass is 9.96. The first-order valence-corrected chi connectivity index (χ1v) is 10.6. The van der Waals surface area contributed by atoms with Gasteiger partial charge in [-0.3, -0.25) is 9.78 Å². The highest BCUT2D eigenvalue weighted by Crippen LogP contribution is 2.24. The van der Waals surface area contributed by atoms with Crippen LogP contribution in [-0.4, -0.2) is 65.0 Å². The lowest BCUT2D eigenvalue weighted by molar-refractivity contribution is -0.125. The van der Waals surface area contributed by atoms with Crippen LogP contribution in [0.15, 0.2) is 24.7 Å². The van der Waals surface area contributed by atoms with Crippen molar-refractivity contribution in [2.75, 3.05) is 44.2 Å². The van der Waals surface area contributed by atoms with E-state index in [1.165, 1.54) is 32.4 Å². The van der Waals surface area contributed by atoms with Crippen LogP contribution in [0, 0.1) is 5.92 Å². The van der Waals surface area contributed by atoms with E-state index in [0.29, 0.717) is 5.65 Å². The van der Waals surface area contributed by atoms with E-state index in [2.05, 4.69) is 30.1 Å². The van der Waals surface area contributed by atoms with Crippen LogP contribution >= 0.6 is 0 Å². The summed E-state index contributed by atoms with van der Waals surface area (Å²) in [4.78, 5) is 30.4. The number of hydrogen-bond acceptors (Lipinski definition) is 6.